The largest absolute Gasteiger partial charge is 0.350 e. The Morgan fingerprint density at radius 3 is 2.65 bits per heavy atom. The third-order valence-corrected chi connectivity index (χ3v) is 4.53. The van der Waals surface area contributed by atoms with Crippen molar-refractivity contribution in [1.82, 2.24) is 5.32 Å². The summed E-state index contributed by atoms with van der Waals surface area (Å²) >= 11 is 5.90. The van der Waals surface area contributed by atoms with E-state index < -0.39 is 0 Å². The summed E-state index contributed by atoms with van der Waals surface area (Å²) in [5.41, 5.74) is 1.25. The number of carbonyl (C=O) groups excluding carboxylic acids is 1. The van der Waals surface area contributed by atoms with Gasteiger partial charge in [0.25, 0.3) is 0 Å². The number of rotatable bonds is 5. The molecule has 3 rings (SSSR count). The molecule has 0 radical (unpaired) electrons. The van der Waals surface area contributed by atoms with Crippen molar-refractivity contribution in [3.63, 3.8) is 0 Å². The van der Waals surface area contributed by atoms with Crippen LogP contribution >= 0.6 is 11.6 Å². The lowest BCUT2D eigenvalue weighted by Gasteiger charge is -2.19. The fraction of sp³-hybridized carbons (Fsp3) is 0.471. The summed E-state index contributed by atoms with van der Waals surface area (Å²) in [6, 6.07) is 7.93. The SMILES string of the molecule is O=C(CC1C=CCC1)NC1(Cc2ccc(Cl)cc2)CC1. The molecule has 1 aromatic rings. The van der Waals surface area contributed by atoms with Crippen molar-refractivity contribution in [3.05, 3.63) is 47.0 Å². The molecule has 0 saturated heterocycles. The molecule has 20 heavy (non-hydrogen) atoms. The summed E-state index contributed by atoms with van der Waals surface area (Å²) in [6.45, 7) is 0. The molecule has 3 heteroatoms. The number of hydrogen-bond acceptors (Lipinski definition) is 1. The summed E-state index contributed by atoms with van der Waals surface area (Å²) in [6.07, 6.45) is 10.3. The van der Waals surface area contributed by atoms with Crippen molar-refractivity contribution in [2.75, 3.05) is 0 Å². The molecule has 1 fully saturated rings. The van der Waals surface area contributed by atoms with Crippen molar-refractivity contribution in [3.8, 4) is 0 Å². The van der Waals surface area contributed by atoms with Gasteiger partial charge >= 0.3 is 0 Å². The van der Waals surface area contributed by atoms with Gasteiger partial charge in [-0.05, 0) is 55.7 Å². The molecule has 1 atom stereocenters. The summed E-state index contributed by atoms with van der Waals surface area (Å²) in [5.74, 6) is 0.648. The standard InChI is InChI=1S/C17H20ClNO/c18-15-7-5-14(6-8-15)12-17(9-10-17)19-16(20)11-13-3-1-2-4-13/h1,3,5-8,13H,2,4,9-12H2,(H,19,20). The lowest BCUT2D eigenvalue weighted by atomic mass is 10.0. The Morgan fingerprint density at radius 1 is 1.30 bits per heavy atom. The van der Waals surface area contributed by atoms with Gasteiger partial charge in [0, 0.05) is 17.0 Å². The van der Waals surface area contributed by atoms with E-state index in [1.807, 2.05) is 24.3 Å². The molecule has 2 aliphatic carbocycles. The van der Waals surface area contributed by atoms with Crippen LogP contribution in [-0.4, -0.2) is 11.4 Å². The molecule has 2 nitrogen and oxygen atoms in total. The van der Waals surface area contributed by atoms with Crippen LogP contribution in [0.2, 0.25) is 5.02 Å². The molecule has 0 aliphatic heterocycles. The third kappa shape index (κ3) is 3.43. The second-order valence-electron chi connectivity index (χ2n) is 6.10. The molecule has 1 saturated carbocycles. The second-order valence-corrected chi connectivity index (χ2v) is 6.54. The molecule has 2 aliphatic rings. The lowest BCUT2D eigenvalue weighted by Crippen LogP contribution is -2.39. The average molecular weight is 290 g/mol. The van der Waals surface area contributed by atoms with Gasteiger partial charge in [0.05, 0.1) is 0 Å². The first-order chi connectivity index (χ1) is 9.65. The van der Waals surface area contributed by atoms with Crippen LogP contribution in [0.4, 0.5) is 0 Å². The van der Waals surface area contributed by atoms with E-state index in [1.165, 1.54) is 5.56 Å². The first-order valence-corrected chi connectivity index (χ1v) is 7.75. The first kappa shape index (κ1) is 13.7. The van der Waals surface area contributed by atoms with Crippen LogP contribution in [0.15, 0.2) is 36.4 Å². The van der Waals surface area contributed by atoms with Gasteiger partial charge in [-0.3, -0.25) is 4.79 Å². The maximum absolute atomic E-state index is 12.1. The fourth-order valence-corrected chi connectivity index (χ4v) is 3.07. The number of nitrogens with one attached hydrogen (secondary N) is 1. The van der Waals surface area contributed by atoms with Crippen LogP contribution in [0.1, 0.15) is 37.7 Å². The highest BCUT2D eigenvalue weighted by atomic mass is 35.5. The Hall–Kier alpha value is -1.28. The Balaban J connectivity index is 1.54. The molecule has 1 unspecified atom stereocenters. The third-order valence-electron chi connectivity index (χ3n) is 4.27. The van der Waals surface area contributed by atoms with E-state index in [1.54, 1.807) is 0 Å². The van der Waals surface area contributed by atoms with E-state index in [2.05, 4.69) is 17.5 Å². The van der Waals surface area contributed by atoms with Crippen LogP contribution in [0.25, 0.3) is 0 Å². The van der Waals surface area contributed by atoms with E-state index >= 15 is 0 Å². The maximum Gasteiger partial charge on any atom is 0.221 e. The molecule has 0 bridgehead atoms. The quantitative estimate of drug-likeness (QED) is 0.819. The van der Waals surface area contributed by atoms with Gasteiger partial charge in [-0.1, -0.05) is 35.9 Å². The van der Waals surface area contributed by atoms with Crippen LogP contribution < -0.4 is 5.32 Å². The average Bonchev–Trinajstić information content (AvgIpc) is 2.96. The minimum absolute atomic E-state index is 0.00717. The number of allylic oxidation sites excluding steroid dienone is 2. The molecule has 1 amide bonds. The minimum atomic E-state index is 0.00717. The number of halogens is 1. The van der Waals surface area contributed by atoms with Crippen LogP contribution in [-0.2, 0) is 11.2 Å². The smallest absolute Gasteiger partial charge is 0.221 e. The second kappa shape index (κ2) is 5.61. The van der Waals surface area contributed by atoms with Gasteiger partial charge in [-0.15, -0.1) is 0 Å². The van der Waals surface area contributed by atoms with Crippen LogP contribution in [0, 0.1) is 5.92 Å². The van der Waals surface area contributed by atoms with Crippen molar-refractivity contribution >= 4 is 17.5 Å². The van der Waals surface area contributed by atoms with Gasteiger partial charge in [-0.25, -0.2) is 0 Å². The van der Waals surface area contributed by atoms with Crippen molar-refractivity contribution < 1.29 is 4.79 Å². The molecule has 1 aromatic carbocycles. The minimum Gasteiger partial charge on any atom is -0.350 e. The number of benzene rings is 1. The van der Waals surface area contributed by atoms with E-state index in [0.717, 1.165) is 37.1 Å². The van der Waals surface area contributed by atoms with Crippen LogP contribution in [0.5, 0.6) is 0 Å². The monoisotopic (exact) mass is 289 g/mol. The lowest BCUT2D eigenvalue weighted by molar-refractivity contribution is -0.122. The van der Waals surface area contributed by atoms with E-state index in [4.69, 9.17) is 11.6 Å². The zero-order chi connectivity index (χ0) is 14.0. The predicted molar refractivity (Wildman–Crippen MR) is 81.7 cm³/mol. The molecule has 106 valence electrons. The topological polar surface area (TPSA) is 29.1 Å². The Morgan fingerprint density at radius 2 is 2.05 bits per heavy atom. The van der Waals surface area contributed by atoms with Gasteiger partial charge in [0.1, 0.15) is 0 Å². The number of hydrogen-bond donors (Lipinski definition) is 1. The number of amides is 1. The maximum atomic E-state index is 12.1. The normalized spacial score (nSPS) is 22.8. The zero-order valence-electron chi connectivity index (χ0n) is 11.6. The van der Waals surface area contributed by atoms with Gasteiger partial charge in [-0.2, -0.15) is 0 Å². The molecular formula is C17H20ClNO. The highest BCUT2D eigenvalue weighted by molar-refractivity contribution is 6.30. The van der Waals surface area contributed by atoms with Crippen molar-refractivity contribution in [2.45, 2.75) is 44.1 Å². The van der Waals surface area contributed by atoms with Gasteiger partial charge < -0.3 is 5.32 Å². The Labute approximate surface area is 125 Å². The highest BCUT2D eigenvalue weighted by Gasteiger charge is 2.43. The van der Waals surface area contributed by atoms with E-state index in [9.17, 15) is 4.79 Å². The van der Waals surface area contributed by atoms with Gasteiger partial charge in [0.15, 0.2) is 0 Å². The first-order valence-electron chi connectivity index (χ1n) is 7.37. The van der Waals surface area contributed by atoms with E-state index in [0.29, 0.717) is 12.3 Å². The summed E-state index contributed by atoms with van der Waals surface area (Å²) in [4.78, 5) is 12.1. The summed E-state index contributed by atoms with van der Waals surface area (Å²) in [5, 5.41) is 4.01. The molecule has 0 heterocycles. The van der Waals surface area contributed by atoms with Crippen molar-refractivity contribution in [1.29, 1.82) is 0 Å². The zero-order valence-corrected chi connectivity index (χ0v) is 12.3. The van der Waals surface area contributed by atoms with Crippen LogP contribution in [0.3, 0.4) is 0 Å². The molecular weight excluding hydrogens is 270 g/mol. The Kier molecular flexibility index (Phi) is 3.84. The fourth-order valence-electron chi connectivity index (χ4n) is 2.94. The summed E-state index contributed by atoms with van der Waals surface area (Å²) < 4.78 is 0. The number of carbonyl (C=O) groups is 1. The van der Waals surface area contributed by atoms with E-state index in [-0.39, 0.29) is 11.4 Å². The van der Waals surface area contributed by atoms with Gasteiger partial charge in [0.2, 0.25) is 5.91 Å². The molecule has 0 aromatic heterocycles. The van der Waals surface area contributed by atoms with Crippen molar-refractivity contribution in [2.24, 2.45) is 5.92 Å². The molecule has 0 spiro atoms. The molecule has 1 N–H and O–H groups in total. The Bertz CT molecular complexity index is 516. The highest BCUT2D eigenvalue weighted by Crippen LogP contribution is 2.39. The summed E-state index contributed by atoms with van der Waals surface area (Å²) in [7, 11) is 0. The predicted octanol–water partition coefficient (Wildman–Crippen LogP) is 3.89.